The molecule has 74 valence electrons. The maximum Gasteiger partial charge on any atom is 0.354 e. The molecule has 0 atom stereocenters. The van der Waals surface area contributed by atoms with Gasteiger partial charge in [0.05, 0.1) is 12.7 Å². The molecule has 0 aliphatic rings. The van der Waals surface area contributed by atoms with Gasteiger partial charge in [-0.3, -0.25) is 0 Å². The number of unbranched alkanes of at least 4 members (excludes halogenated alkanes) is 1. The summed E-state index contributed by atoms with van der Waals surface area (Å²) in [6, 6.07) is 3.62. The van der Waals surface area contributed by atoms with Crippen LogP contribution in [0.5, 0.6) is 0 Å². The largest absolute Gasteiger partial charge is 0.461 e. The molecule has 0 unspecified atom stereocenters. The van der Waals surface area contributed by atoms with Crippen LogP contribution < -0.4 is 0 Å². The van der Waals surface area contributed by atoms with Crippen molar-refractivity contribution in [3.8, 4) is 6.07 Å². The molecule has 1 aromatic rings. The topological polar surface area (TPSA) is 65.9 Å². The lowest BCUT2D eigenvalue weighted by atomic mass is 10.3. The van der Waals surface area contributed by atoms with Gasteiger partial charge in [0.1, 0.15) is 5.69 Å². The zero-order chi connectivity index (χ0) is 10.4. The number of rotatable bonds is 4. The Balaban J connectivity index is 2.33. The summed E-state index contributed by atoms with van der Waals surface area (Å²) in [5.41, 5.74) is 0.411. The fourth-order valence-electron chi connectivity index (χ4n) is 0.880. The Labute approximate surface area is 90.0 Å². The van der Waals surface area contributed by atoms with E-state index in [1.165, 1.54) is 0 Å². The van der Waals surface area contributed by atoms with E-state index in [0.717, 1.165) is 4.47 Å². The second kappa shape index (κ2) is 5.45. The van der Waals surface area contributed by atoms with E-state index < -0.39 is 5.97 Å². The van der Waals surface area contributed by atoms with Crippen molar-refractivity contribution < 1.29 is 9.53 Å². The zero-order valence-corrected chi connectivity index (χ0v) is 9.00. The Bertz CT molecular complexity index is 354. The Hall–Kier alpha value is -1.28. The quantitative estimate of drug-likeness (QED) is 0.664. The third-order valence-electron chi connectivity index (χ3n) is 1.53. The molecule has 5 heteroatoms. The molecule has 0 fully saturated rings. The summed E-state index contributed by atoms with van der Waals surface area (Å²) in [6.45, 7) is 0.281. The second-order valence-electron chi connectivity index (χ2n) is 2.63. The van der Waals surface area contributed by atoms with Gasteiger partial charge in [-0.2, -0.15) is 5.26 Å². The number of H-pyrrole nitrogens is 1. The summed E-state index contributed by atoms with van der Waals surface area (Å²) in [7, 11) is 0. The number of hydrogen-bond donors (Lipinski definition) is 1. The summed E-state index contributed by atoms with van der Waals surface area (Å²) in [4.78, 5) is 14.0. The van der Waals surface area contributed by atoms with Gasteiger partial charge in [-0.25, -0.2) is 4.79 Å². The standard InChI is InChI=1S/C9H9BrN2O2/c10-7-5-8(12-6-7)9(13)14-4-2-1-3-11/h5-6,12H,1-2,4H2. The van der Waals surface area contributed by atoms with Crippen molar-refractivity contribution >= 4 is 21.9 Å². The van der Waals surface area contributed by atoms with Crippen molar-refractivity contribution in [2.45, 2.75) is 12.8 Å². The summed E-state index contributed by atoms with van der Waals surface area (Å²) >= 11 is 3.21. The van der Waals surface area contributed by atoms with Crippen LogP contribution in [-0.2, 0) is 4.74 Å². The lowest BCUT2D eigenvalue weighted by Crippen LogP contribution is -2.06. The van der Waals surface area contributed by atoms with Gasteiger partial charge >= 0.3 is 5.97 Å². The molecular weight excluding hydrogens is 248 g/mol. The number of carbonyl (C=O) groups is 1. The van der Waals surface area contributed by atoms with E-state index in [0.29, 0.717) is 18.5 Å². The third-order valence-corrected chi connectivity index (χ3v) is 1.99. The van der Waals surface area contributed by atoms with E-state index in [2.05, 4.69) is 20.9 Å². The summed E-state index contributed by atoms with van der Waals surface area (Å²) in [5.74, 6) is -0.395. The molecule has 1 N–H and O–H groups in total. The number of aromatic amines is 1. The van der Waals surface area contributed by atoms with Crippen molar-refractivity contribution in [1.29, 1.82) is 5.26 Å². The predicted molar refractivity (Wildman–Crippen MR) is 53.6 cm³/mol. The molecule has 1 aromatic heterocycles. The van der Waals surface area contributed by atoms with E-state index in [9.17, 15) is 4.79 Å². The summed E-state index contributed by atoms with van der Waals surface area (Å²) in [5, 5.41) is 8.25. The van der Waals surface area contributed by atoms with Crippen LogP contribution in [0, 0.1) is 11.3 Å². The molecule has 1 rings (SSSR count). The highest BCUT2D eigenvalue weighted by Crippen LogP contribution is 2.11. The highest BCUT2D eigenvalue weighted by molar-refractivity contribution is 9.10. The lowest BCUT2D eigenvalue weighted by molar-refractivity contribution is 0.0495. The highest BCUT2D eigenvalue weighted by atomic mass is 79.9. The molecule has 0 aromatic carbocycles. The van der Waals surface area contributed by atoms with Gasteiger partial charge in [-0.15, -0.1) is 0 Å². The minimum atomic E-state index is -0.395. The molecule has 0 saturated carbocycles. The summed E-state index contributed by atoms with van der Waals surface area (Å²) < 4.78 is 5.71. The SMILES string of the molecule is N#CCCCOC(=O)c1cc(Br)c[nH]1. The Morgan fingerprint density at radius 1 is 1.71 bits per heavy atom. The van der Waals surface area contributed by atoms with E-state index in [1.54, 1.807) is 12.3 Å². The summed E-state index contributed by atoms with van der Waals surface area (Å²) in [6.07, 6.45) is 2.64. The van der Waals surface area contributed by atoms with Gasteiger partial charge in [0.15, 0.2) is 0 Å². The average molecular weight is 257 g/mol. The highest BCUT2D eigenvalue weighted by Gasteiger charge is 2.08. The zero-order valence-electron chi connectivity index (χ0n) is 7.42. The normalized spacial score (nSPS) is 9.43. The molecule has 0 aliphatic heterocycles. The van der Waals surface area contributed by atoms with Gasteiger partial charge in [0.25, 0.3) is 0 Å². The van der Waals surface area contributed by atoms with E-state index >= 15 is 0 Å². The van der Waals surface area contributed by atoms with Gasteiger partial charge in [-0.05, 0) is 28.4 Å². The molecule has 0 aliphatic carbocycles. The maximum absolute atomic E-state index is 11.3. The molecular formula is C9H9BrN2O2. The van der Waals surface area contributed by atoms with Crippen molar-refractivity contribution in [2.24, 2.45) is 0 Å². The number of nitriles is 1. The molecule has 1 heterocycles. The Morgan fingerprint density at radius 3 is 3.07 bits per heavy atom. The monoisotopic (exact) mass is 256 g/mol. The fraction of sp³-hybridized carbons (Fsp3) is 0.333. The van der Waals surface area contributed by atoms with Crippen molar-refractivity contribution in [3.63, 3.8) is 0 Å². The molecule has 4 nitrogen and oxygen atoms in total. The first-order chi connectivity index (χ1) is 6.74. The number of nitrogens with one attached hydrogen (secondary N) is 1. The lowest BCUT2D eigenvalue weighted by Gasteiger charge is -2.00. The van der Waals surface area contributed by atoms with Crippen LogP contribution in [0.2, 0.25) is 0 Å². The van der Waals surface area contributed by atoms with Crippen LogP contribution in [0.15, 0.2) is 16.7 Å². The minimum Gasteiger partial charge on any atom is -0.461 e. The van der Waals surface area contributed by atoms with Crippen molar-refractivity contribution in [1.82, 2.24) is 4.98 Å². The van der Waals surface area contributed by atoms with Crippen LogP contribution in [0.1, 0.15) is 23.3 Å². The first-order valence-corrected chi connectivity index (χ1v) is 4.91. The number of halogens is 1. The Kier molecular flexibility index (Phi) is 4.20. The van der Waals surface area contributed by atoms with Gasteiger partial charge in [0, 0.05) is 17.1 Å². The van der Waals surface area contributed by atoms with Crippen LogP contribution in [0.4, 0.5) is 0 Å². The number of hydrogen-bond acceptors (Lipinski definition) is 3. The van der Waals surface area contributed by atoms with Crippen LogP contribution in [0.3, 0.4) is 0 Å². The number of ether oxygens (including phenoxy) is 1. The number of aromatic nitrogens is 1. The van der Waals surface area contributed by atoms with Crippen LogP contribution in [0.25, 0.3) is 0 Å². The van der Waals surface area contributed by atoms with E-state index in [4.69, 9.17) is 10.00 Å². The third kappa shape index (κ3) is 3.23. The van der Waals surface area contributed by atoms with Gasteiger partial charge in [-0.1, -0.05) is 0 Å². The molecule has 0 bridgehead atoms. The minimum absolute atomic E-state index is 0.281. The van der Waals surface area contributed by atoms with Gasteiger partial charge < -0.3 is 9.72 Å². The molecule has 0 radical (unpaired) electrons. The van der Waals surface area contributed by atoms with Crippen LogP contribution in [-0.4, -0.2) is 17.6 Å². The van der Waals surface area contributed by atoms with Gasteiger partial charge in [0.2, 0.25) is 0 Å². The predicted octanol–water partition coefficient (Wildman–Crippen LogP) is 2.24. The van der Waals surface area contributed by atoms with Crippen LogP contribution >= 0.6 is 15.9 Å². The fourth-order valence-corrected chi connectivity index (χ4v) is 1.22. The van der Waals surface area contributed by atoms with E-state index in [1.807, 2.05) is 6.07 Å². The van der Waals surface area contributed by atoms with Crippen molar-refractivity contribution in [2.75, 3.05) is 6.61 Å². The smallest absolute Gasteiger partial charge is 0.354 e. The number of esters is 1. The van der Waals surface area contributed by atoms with E-state index in [-0.39, 0.29) is 6.61 Å². The number of carbonyl (C=O) groups excluding carboxylic acids is 1. The first kappa shape index (κ1) is 10.8. The average Bonchev–Trinajstić information content (AvgIpc) is 2.59. The Morgan fingerprint density at radius 2 is 2.50 bits per heavy atom. The molecule has 0 saturated heterocycles. The first-order valence-electron chi connectivity index (χ1n) is 4.12. The number of nitrogens with zero attached hydrogens (tertiary/aromatic N) is 1. The second-order valence-corrected chi connectivity index (χ2v) is 3.54. The molecule has 0 spiro atoms. The molecule has 14 heavy (non-hydrogen) atoms. The maximum atomic E-state index is 11.3. The van der Waals surface area contributed by atoms with Crippen molar-refractivity contribution in [3.05, 3.63) is 22.4 Å². The molecule has 0 amide bonds.